The summed E-state index contributed by atoms with van der Waals surface area (Å²) in [7, 11) is 1.61. The number of anilines is 1. The van der Waals surface area contributed by atoms with Crippen molar-refractivity contribution in [2.75, 3.05) is 25.6 Å². The van der Waals surface area contributed by atoms with Gasteiger partial charge in [-0.1, -0.05) is 0 Å². The predicted molar refractivity (Wildman–Crippen MR) is 64.4 cm³/mol. The molecule has 94 valence electrons. The summed E-state index contributed by atoms with van der Waals surface area (Å²) in [6, 6.07) is 2.29. The second-order valence-electron chi connectivity index (χ2n) is 4.21. The Balaban J connectivity index is 1.93. The van der Waals surface area contributed by atoms with Gasteiger partial charge in [-0.05, 0) is 18.9 Å². The monoisotopic (exact) mass is 239 g/mol. The van der Waals surface area contributed by atoms with Crippen LogP contribution in [0, 0.1) is 5.82 Å². The van der Waals surface area contributed by atoms with Crippen LogP contribution in [0.1, 0.15) is 18.4 Å². The van der Waals surface area contributed by atoms with Crippen LogP contribution in [0.2, 0.25) is 0 Å². The van der Waals surface area contributed by atoms with E-state index in [1.165, 1.54) is 12.8 Å². The van der Waals surface area contributed by atoms with E-state index >= 15 is 0 Å². The van der Waals surface area contributed by atoms with E-state index < -0.39 is 0 Å². The van der Waals surface area contributed by atoms with Crippen LogP contribution >= 0.6 is 0 Å². The van der Waals surface area contributed by atoms with E-state index in [1.54, 1.807) is 19.4 Å². The molecular formula is C12H18FN3O. The van der Waals surface area contributed by atoms with E-state index in [9.17, 15) is 4.39 Å². The Morgan fingerprint density at radius 1 is 1.53 bits per heavy atom. The number of ether oxygens (including phenoxy) is 1. The zero-order chi connectivity index (χ0) is 12.1. The number of halogens is 1. The molecule has 0 saturated heterocycles. The van der Waals surface area contributed by atoms with Crippen molar-refractivity contribution in [3.05, 3.63) is 23.6 Å². The summed E-state index contributed by atoms with van der Waals surface area (Å²) in [6.45, 7) is 1.66. The maximum atomic E-state index is 14.0. The van der Waals surface area contributed by atoms with E-state index in [2.05, 4.69) is 15.6 Å². The topological polar surface area (TPSA) is 46.2 Å². The van der Waals surface area contributed by atoms with Crippen molar-refractivity contribution in [2.45, 2.75) is 25.4 Å². The largest absolute Gasteiger partial charge is 0.383 e. The van der Waals surface area contributed by atoms with Gasteiger partial charge in [-0.15, -0.1) is 0 Å². The highest BCUT2D eigenvalue weighted by molar-refractivity contribution is 5.39. The van der Waals surface area contributed by atoms with Crippen molar-refractivity contribution in [3.63, 3.8) is 0 Å². The Bertz CT molecular complexity index is 369. The van der Waals surface area contributed by atoms with Crippen LogP contribution in [0.5, 0.6) is 0 Å². The van der Waals surface area contributed by atoms with E-state index in [0.29, 0.717) is 37.1 Å². The molecule has 0 spiro atoms. The number of methoxy groups -OCH3 is 1. The molecule has 4 nitrogen and oxygen atoms in total. The average Bonchev–Trinajstić information content (AvgIpc) is 3.14. The molecular weight excluding hydrogens is 221 g/mol. The third-order valence-electron chi connectivity index (χ3n) is 2.73. The SMILES string of the molecule is COCCNc1nccc(CNC2CC2)c1F. The van der Waals surface area contributed by atoms with Crippen molar-refractivity contribution in [1.29, 1.82) is 0 Å². The Morgan fingerprint density at radius 2 is 2.35 bits per heavy atom. The zero-order valence-electron chi connectivity index (χ0n) is 10.0. The molecule has 17 heavy (non-hydrogen) atoms. The Hall–Kier alpha value is -1.20. The molecule has 1 aromatic rings. The van der Waals surface area contributed by atoms with Crippen LogP contribution in [0.25, 0.3) is 0 Å². The number of hydrogen-bond donors (Lipinski definition) is 2. The predicted octanol–water partition coefficient (Wildman–Crippen LogP) is 1.53. The summed E-state index contributed by atoms with van der Waals surface area (Å²) in [5.41, 5.74) is 0.659. The van der Waals surface area contributed by atoms with Gasteiger partial charge in [0, 0.05) is 38.0 Å². The highest BCUT2D eigenvalue weighted by Crippen LogP contribution is 2.20. The smallest absolute Gasteiger partial charge is 0.169 e. The fourth-order valence-corrected chi connectivity index (χ4v) is 1.56. The van der Waals surface area contributed by atoms with Crippen LogP contribution in [-0.4, -0.2) is 31.3 Å². The lowest BCUT2D eigenvalue weighted by molar-refractivity contribution is 0.210. The van der Waals surface area contributed by atoms with E-state index in [0.717, 1.165) is 0 Å². The maximum absolute atomic E-state index is 14.0. The minimum absolute atomic E-state index is 0.267. The molecule has 5 heteroatoms. The first-order valence-corrected chi connectivity index (χ1v) is 5.91. The number of nitrogens with one attached hydrogen (secondary N) is 2. The van der Waals surface area contributed by atoms with Crippen molar-refractivity contribution < 1.29 is 9.13 Å². The third kappa shape index (κ3) is 3.64. The second-order valence-corrected chi connectivity index (χ2v) is 4.21. The number of nitrogens with zero attached hydrogens (tertiary/aromatic N) is 1. The molecule has 0 atom stereocenters. The minimum atomic E-state index is -0.267. The lowest BCUT2D eigenvalue weighted by atomic mass is 10.2. The maximum Gasteiger partial charge on any atom is 0.169 e. The van der Waals surface area contributed by atoms with Crippen molar-refractivity contribution in [1.82, 2.24) is 10.3 Å². The summed E-state index contributed by atoms with van der Waals surface area (Å²) >= 11 is 0. The number of aromatic nitrogens is 1. The lowest BCUT2D eigenvalue weighted by Gasteiger charge is -2.09. The van der Waals surface area contributed by atoms with Gasteiger partial charge in [-0.2, -0.15) is 0 Å². The van der Waals surface area contributed by atoms with Gasteiger partial charge >= 0.3 is 0 Å². The molecule has 1 fully saturated rings. The Labute approximate surface area is 101 Å². The first-order chi connectivity index (χ1) is 8.31. The van der Waals surface area contributed by atoms with Gasteiger partial charge in [0.05, 0.1) is 6.61 Å². The molecule has 1 aliphatic carbocycles. The molecule has 1 saturated carbocycles. The number of hydrogen-bond acceptors (Lipinski definition) is 4. The van der Waals surface area contributed by atoms with Crippen LogP contribution in [0.15, 0.2) is 12.3 Å². The highest BCUT2D eigenvalue weighted by atomic mass is 19.1. The number of rotatable bonds is 7. The van der Waals surface area contributed by atoms with Gasteiger partial charge < -0.3 is 15.4 Å². The van der Waals surface area contributed by atoms with Crippen LogP contribution in [0.4, 0.5) is 10.2 Å². The highest BCUT2D eigenvalue weighted by Gasteiger charge is 2.21. The Morgan fingerprint density at radius 3 is 3.06 bits per heavy atom. The second kappa shape index (κ2) is 5.93. The van der Waals surface area contributed by atoms with Gasteiger partial charge in [0.25, 0.3) is 0 Å². The quantitative estimate of drug-likeness (QED) is 0.708. The lowest BCUT2D eigenvalue weighted by Crippen LogP contribution is -2.17. The summed E-state index contributed by atoms with van der Waals surface area (Å²) in [5.74, 6) is 0.0360. The zero-order valence-corrected chi connectivity index (χ0v) is 10.0. The van der Waals surface area contributed by atoms with E-state index in [-0.39, 0.29) is 5.82 Å². The first kappa shape index (κ1) is 12.3. The van der Waals surface area contributed by atoms with Gasteiger partial charge in [0.15, 0.2) is 11.6 Å². The molecule has 1 heterocycles. The van der Waals surface area contributed by atoms with Crippen molar-refractivity contribution in [3.8, 4) is 0 Å². The first-order valence-electron chi connectivity index (χ1n) is 5.91. The summed E-state index contributed by atoms with van der Waals surface area (Å²) in [5, 5.41) is 6.21. The summed E-state index contributed by atoms with van der Waals surface area (Å²) in [6.07, 6.45) is 4.03. The van der Waals surface area contributed by atoms with E-state index in [1.807, 2.05) is 0 Å². The molecule has 0 aromatic carbocycles. The molecule has 0 bridgehead atoms. The van der Waals surface area contributed by atoms with Gasteiger partial charge in [0.1, 0.15) is 0 Å². The van der Waals surface area contributed by atoms with Crippen LogP contribution < -0.4 is 10.6 Å². The van der Waals surface area contributed by atoms with Gasteiger partial charge in [-0.3, -0.25) is 0 Å². The molecule has 0 unspecified atom stereocenters. The van der Waals surface area contributed by atoms with Crippen LogP contribution in [0.3, 0.4) is 0 Å². The van der Waals surface area contributed by atoms with Crippen molar-refractivity contribution in [2.24, 2.45) is 0 Å². The fraction of sp³-hybridized carbons (Fsp3) is 0.583. The van der Waals surface area contributed by atoms with Gasteiger partial charge in [-0.25, -0.2) is 9.37 Å². The molecule has 0 amide bonds. The molecule has 0 radical (unpaired) electrons. The molecule has 2 N–H and O–H groups in total. The molecule has 1 aliphatic rings. The fourth-order valence-electron chi connectivity index (χ4n) is 1.56. The van der Waals surface area contributed by atoms with Gasteiger partial charge in [0.2, 0.25) is 0 Å². The average molecular weight is 239 g/mol. The molecule has 0 aliphatic heterocycles. The molecule has 1 aromatic heterocycles. The van der Waals surface area contributed by atoms with Crippen molar-refractivity contribution >= 4 is 5.82 Å². The van der Waals surface area contributed by atoms with Crippen LogP contribution in [-0.2, 0) is 11.3 Å². The Kier molecular flexibility index (Phi) is 4.28. The summed E-state index contributed by atoms with van der Waals surface area (Å²) in [4.78, 5) is 3.98. The summed E-state index contributed by atoms with van der Waals surface area (Å²) < 4.78 is 18.9. The normalized spacial score (nSPS) is 14.9. The standard InChI is InChI=1S/C12H18FN3O/c1-17-7-6-15-12-11(13)9(4-5-14-12)8-16-10-2-3-10/h4-5,10,16H,2-3,6-8H2,1H3,(H,14,15). The minimum Gasteiger partial charge on any atom is -0.383 e. The number of pyridine rings is 1. The van der Waals surface area contributed by atoms with E-state index in [4.69, 9.17) is 4.74 Å². The third-order valence-corrected chi connectivity index (χ3v) is 2.73. The molecule has 2 rings (SSSR count).